The second kappa shape index (κ2) is 5.76. The average Bonchev–Trinajstić information content (AvgIpc) is 2.95. The summed E-state index contributed by atoms with van der Waals surface area (Å²) in [5, 5.41) is 9.57. The Morgan fingerprint density at radius 1 is 1.48 bits per heavy atom. The summed E-state index contributed by atoms with van der Waals surface area (Å²) in [5.41, 5.74) is 6.17. The van der Waals surface area contributed by atoms with Gasteiger partial charge in [-0.05, 0) is 32.4 Å². The van der Waals surface area contributed by atoms with Crippen LogP contribution in [0.2, 0.25) is 5.02 Å². The van der Waals surface area contributed by atoms with E-state index in [9.17, 15) is 13.5 Å². The molecule has 1 aromatic carbocycles. The molecule has 5 nitrogen and oxygen atoms in total. The SMILES string of the molecule is CC(C)(C1CCOC1)S(=O)(=O)c1c(Cl)ccc(N)c1CO. The summed E-state index contributed by atoms with van der Waals surface area (Å²) < 4.78 is 30.4. The molecule has 1 aliphatic rings. The van der Waals surface area contributed by atoms with Crippen molar-refractivity contribution < 1.29 is 18.3 Å². The molecule has 0 radical (unpaired) electrons. The van der Waals surface area contributed by atoms with E-state index >= 15 is 0 Å². The minimum atomic E-state index is -3.77. The second-order valence-corrected chi connectivity index (χ2v) is 8.64. The van der Waals surface area contributed by atoms with Crippen LogP contribution < -0.4 is 5.73 Å². The van der Waals surface area contributed by atoms with Gasteiger partial charge in [-0.25, -0.2) is 8.42 Å². The lowest BCUT2D eigenvalue weighted by molar-refractivity contribution is 0.179. The third-order valence-corrected chi connectivity index (χ3v) is 7.43. The highest BCUT2D eigenvalue weighted by atomic mass is 35.5. The lowest BCUT2D eigenvalue weighted by Gasteiger charge is -2.31. The topological polar surface area (TPSA) is 89.6 Å². The number of aliphatic hydroxyl groups excluding tert-OH is 1. The Morgan fingerprint density at radius 2 is 2.14 bits per heavy atom. The Hall–Kier alpha value is -0.820. The number of benzene rings is 1. The maximum absolute atomic E-state index is 13.1. The number of nitrogens with two attached hydrogens (primary N) is 1. The van der Waals surface area contributed by atoms with Gasteiger partial charge in [-0.3, -0.25) is 0 Å². The van der Waals surface area contributed by atoms with Gasteiger partial charge in [0.1, 0.15) is 0 Å². The third-order valence-electron chi connectivity index (χ3n) is 4.28. The molecular weight excluding hydrogens is 314 g/mol. The molecule has 1 unspecified atom stereocenters. The smallest absolute Gasteiger partial charge is 0.185 e. The van der Waals surface area contributed by atoms with E-state index < -0.39 is 21.2 Å². The van der Waals surface area contributed by atoms with Gasteiger partial charge in [0.05, 0.1) is 27.9 Å². The Balaban J connectivity index is 2.61. The Bertz CT molecular complexity index is 637. The van der Waals surface area contributed by atoms with Crippen LogP contribution in [0.25, 0.3) is 0 Å². The first-order valence-electron chi connectivity index (χ1n) is 6.73. The molecule has 1 saturated heterocycles. The van der Waals surface area contributed by atoms with Gasteiger partial charge >= 0.3 is 0 Å². The lowest BCUT2D eigenvalue weighted by atomic mass is 9.94. The number of anilines is 1. The van der Waals surface area contributed by atoms with Gasteiger partial charge in [-0.2, -0.15) is 0 Å². The molecule has 0 saturated carbocycles. The van der Waals surface area contributed by atoms with Crippen molar-refractivity contribution in [1.82, 2.24) is 0 Å². The zero-order chi connectivity index (χ0) is 15.8. The quantitative estimate of drug-likeness (QED) is 0.823. The van der Waals surface area contributed by atoms with Crippen molar-refractivity contribution in [3.8, 4) is 0 Å². The average molecular weight is 334 g/mol. The van der Waals surface area contributed by atoms with Crippen molar-refractivity contribution in [3.63, 3.8) is 0 Å². The van der Waals surface area contributed by atoms with Crippen LogP contribution in [-0.4, -0.2) is 31.5 Å². The second-order valence-electron chi connectivity index (χ2n) is 5.77. The van der Waals surface area contributed by atoms with Crippen LogP contribution in [0.1, 0.15) is 25.8 Å². The molecule has 0 amide bonds. The van der Waals surface area contributed by atoms with Crippen LogP contribution >= 0.6 is 11.6 Å². The molecule has 0 aliphatic carbocycles. The fourth-order valence-corrected chi connectivity index (χ4v) is 5.10. The highest BCUT2D eigenvalue weighted by molar-refractivity contribution is 7.93. The predicted octanol–water partition coefficient (Wildman–Crippen LogP) is 2.00. The number of nitrogen functional groups attached to an aromatic ring is 1. The summed E-state index contributed by atoms with van der Waals surface area (Å²) in [7, 11) is -3.77. The summed E-state index contributed by atoms with van der Waals surface area (Å²) in [5.74, 6) is -0.119. The molecule has 0 aromatic heterocycles. The van der Waals surface area contributed by atoms with Crippen LogP contribution in [0, 0.1) is 5.92 Å². The van der Waals surface area contributed by atoms with Crippen molar-refractivity contribution in [1.29, 1.82) is 0 Å². The van der Waals surface area contributed by atoms with Gasteiger partial charge < -0.3 is 15.6 Å². The molecule has 2 rings (SSSR count). The van der Waals surface area contributed by atoms with E-state index in [1.807, 2.05) is 0 Å². The van der Waals surface area contributed by atoms with Crippen LogP contribution in [0.4, 0.5) is 5.69 Å². The number of aliphatic hydroxyl groups is 1. The molecule has 0 bridgehead atoms. The summed E-state index contributed by atoms with van der Waals surface area (Å²) in [6.45, 7) is 3.82. The molecule has 21 heavy (non-hydrogen) atoms. The van der Waals surface area contributed by atoms with Crippen molar-refractivity contribution in [3.05, 3.63) is 22.7 Å². The zero-order valence-corrected chi connectivity index (χ0v) is 13.7. The number of rotatable bonds is 4. The fourth-order valence-electron chi connectivity index (χ4n) is 2.63. The first-order chi connectivity index (χ1) is 9.73. The summed E-state index contributed by atoms with van der Waals surface area (Å²) in [6, 6.07) is 2.95. The molecule has 7 heteroatoms. The highest BCUT2D eigenvalue weighted by Crippen LogP contribution is 2.41. The molecule has 1 heterocycles. The van der Waals surface area contributed by atoms with Gasteiger partial charge in [-0.15, -0.1) is 0 Å². The largest absolute Gasteiger partial charge is 0.398 e. The van der Waals surface area contributed by atoms with E-state index in [1.54, 1.807) is 13.8 Å². The highest BCUT2D eigenvalue weighted by Gasteiger charge is 2.46. The number of sulfone groups is 1. The van der Waals surface area contributed by atoms with E-state index in [0.29, 0.717) is 19.6 Å². The maximum Gasteiger partial charge on any atom is 0.185 e. The summed E-state index contributed by atoms with van der Waals surface area (Å²) >= 11 is 6.10. The van der Waals surface area contributed by atoms with Crippen LogP contribution in [0.3, 0.4) is 0 Å². The Kier molecular flexibility index (Phi) is 4.54. The van der Waals surface area contributed by atoms with E-state index in [0.717, 1.165) is 0 Å². The maximum atomic E-state index is 13.1. The van der Waals surface area contributed by atoms with Crippen molar-refractivity contribution >= 4 is 27.1 Å². The van der Waals surface area contributed by atoms with E-state index in [1.165, 1.54) is 12.1 Å². The fraction of sp³-hybridized carbons (Fsp3) is 0.571. The standard InChI is InChI=1S/C14H20ClNO4S/c1-14(2,9-5-6-20-8-9)21(18,19)13-10(7-17)12(16)4-3-11(13)15/h3-4,9,17H,5-8,16H2,1-2H3. The Labute approximate surface area is 130 Å². The van der Waals surface area contributed by atoms with Crippen molar-refractivity contribution in [2.75, 3.05) is 18.9 Å². The first-order valence-corrected chi connectivity index (χ1v) is 8.59. The van der Waals surface area contributed by atoms with Gasteiger partial charge in [-0.1, -0.05) is 11.6 Å². The molecule has 1 aliphatic heterocycles. The molecule has 1 fully saturated rings. The first kappa shape index (κ1) is 16.5. The molecular formula is C14H20ClNO4S. The van der Waals surface area contributed by atoms with Gasteiger partial charge in [0, 0.05) is 23.8 Å². The minimum Gasteiger partial charge on any atom is -0.398 e. The van der Waals surface area contributed by atoms with Crippen LogP contribution in [0.5, 0.6) is 0 Å². The van der Waals surface area contributed by atoms with Crippen molar-refractivity contribution in [2.24, 2.45) is 5.92 Å². The number of hydrogen-bond donors (Lipinski definition) is 2. The number of hydrogen-bond acceptors (Lipinski definition) is 5. The predicted molar refractivity (Wildman–Crippen MR) is 82.0 cm³/mol. The zero-order valence-electron chi connectivity index (χ0n) is 12.1. The van der Waals surface area contributed by atoms with E-state index in [-0.39, 0.29) is 27.1 Å². The Morgan fingerprint density at radius 3 is 2.67 bits per heavy atom. The van der Waals surface area contributed by atoms with Crippen molar-refractivity contribution in [2.45, 2.75) is 36.5 Å². The number of ether oxygens (including phenoxy) is 1. The van der Waals surface area contributed by atoms with Gasteiger partial charge in [0.2, 0.25) is 0 Å². The van der Waals surface area contributed by atoms with Gasteiger partial charge in [0.15, 0.2) is 9.84 Å². The summed E-state index contributed by atoms with van der Waals surface area (Å²) in [6.07, 6.45) is 0.681. The molecule has 0 spiro atoms. The molecule has 1 atom stereocenters. The molecule has 1 aromatic rings. The monoisotopic (exact) mass is 333 g/mol. The van der Waals surface area contributed by atoms with E-state index in [2.05, 4.69) is 0 Å². The minimum absolute atomic E-state index is 0.0661. The normalized spacial score (nSPS) is 19.9. The van der Waals surface area contributed by atoms with Crippen LogP contribution in [-0.2, 0) is 21.2 Å². The lowest BCUT2D eigenvalue weighted by Crippen LogP contribution is -2.41. The molecule has 3 N–H and O–H groups in total. The summed E-state index contributed by atoms with van der Waals surface area (Å²) in [4.78, 5) is -0.0661. The van der Waals surface area contributed by atoms with E-state index in [4.69, 9.17) is 22.1 Å². The number of halogens is 1. The van der Waals surface area contributed by atoms with Crippen LogP contribution in [0.15, 0.2) is 17.0 Å². The van der Waals surface area contributed by atoms with Gasteiger partial charge in [0.25, 0.3) is 0 Å². The third kappa shape index (κ3) is 2.65. The molecule has 118 valence electrons.